The Hall–Kier alpha value is -2.15. The maximum atomic E-state index is 12.6. The van der Waals surface area contributed by atoms with Crippen LogP contribution in [0.4, 0.5) is 0 Å². The van der Waals surface area contributed by atoms with Crippen molar-refractivity contribution in [2.75, 3.05) is 20.2 Å². The Labute approximate surface area is 134 Å². The van der Waals surface area contributed by atoms with Gasteiger partial charge in [-0.05, 0) is 36.8 Å². The molecule has 0 radical (unpaired) electrons. The van der Waals surface area contributed by atoms with E-state index in [-0.39, 0.29) is 11.8 Å². The molecule has 1 aliphatic carbocycles. The molecule has 2 aromatic heterocycles. The van der Waals surface area contributed by atoms with Gasteiger partial charge in [-0.1, -0.05) is 0 Å². The number of amides is 1. The number of nitrogens with zero attached hydrogens (tertiary/aromatic N) is 3. The number of hydrogen-bond acceptors (Lipinski definition) is 4. The molecular formula is C16H21N5O2. The van der Waals surface area contributed by atoms with Gasteiger partial charge in [-0.3, -0.25) is 9.89 Å². The van der Waals surface area contributed by atoms with Crippen LogP contribution in [0, 0.1) is 11.8 Å². The minimum Gasteiger partial charge on any atom is -0.377 e. The Morgan fingerprint density at radius 2 is 2.30 bits per heavy atom. The predicted octanol–water partition coefficient (Wildman–Crippen LogP) is 1.54. The van der Waals surface area contributed by atoms with Crippen molar-refractivity contribution in [1.29, 1.82) is 0 Å². The third-order valence-corrected chi connectivity index (χ3v) is 4.87. The van der Waals surface area contributed by atoms with Gasteiger partial charge in [0.25, 0.3) is 5.91 Å². The van der Waals surface area contributed by atoms with Crippen molar-refractivity contribution in [3.05, 3.63) is 35.7 Å². The minimum atomic E-state index is 0.0656. The molecule has 7 nitrogen and oxygen atoms in total. The summed E-state index contributed by atoms with van der Waals surface area (Å²) in [5.41, 5.74) is 0.648. The van der Waals surface area contributed by atoms with E-state index in [9.17, 15) is 4.79 Å². The largest absolute Gasteiger partial charge is 0.377 e. The summed E-state index contributed by atoms with van der Waals surface area (Å²) in [5.74, 6) is 2.99. The van der Waals surface area contributed by atoms with E-state index < -0.39 is 0 Å². The highest BCUT2D eigenvalue weighted by molar-refractivity contribution is 5.92. The van der Waals surface area contributed by atoms with Crippen LogP contribution in [0.1, 0.15) is 40.9 Å². The number of hydrogen-bond donors (Lipinski definition) is 2. The summed E-state index contributed by atoms with van der Waals surface area (Å²) in [6.07, 6.45) is 4.29. The molecule has 2 fully saturated rings. The lowest BCUT2D eigenvalue weighted by atomic mass is 9.91. The highest BCUT2D eigenvalue weighted by Gasteiger charge is 2.46. The van der Waals surface area contributed by atoms with Crippen molar-refractivity contribution in [2.45, 2.75) is 25.4 Å². The van der Waals surface area contributed by atoms with Gasteiger partial charge in [-0.15, -0.1) is 0 Å². The number of methoxy groups -OCH3 is 1. The van der Waals surface area contributed by atoms with Crippen LogP contribution < -0.4 is 0 Å². The van der Waals surface area contributed by atoms with Crippen LogP contribution in [0.15, 0.2) is 18.3 Å². The molecule has 3 heterocycles. The standard InChI is InChI=1S/C16H21N5O2/c1-23-9-14-18-15(20-19-14)12-8-21(7-11(12)10-4-5-10)16(22)13-3-2-6-17-13/h2-3,6,10-12,17H,4-5,7-9H2,1H3,(H,18,19,20)/t11-,12+/m1/s1. The van der Waals surface area contributed by atoms with E-state index in [1.54, 1.807) is 13.3 Å². The number of rotatable bonds is 5. The van der Waals surface area contributed by atoms with Gasteiger partial charge in [0.2, 0.25) is 0 Å². The van der Waals surface area contributed by atoms with Crippen LogP contribution in [-0.2, 0) is 11.3 Å². The molecule has 23 heavy (non-hydrogen) atoms. The van der Waals surface area contributed by atoms with Crippen LogP contribution in [0.5, 0.6) is 0 Å². The van der Waals surface area contributed by atoms with Gasteiger partial charge in [0.05, 0.1) is 0 Å². The molecule has 1 aliphatic heterocycles. The second kappa shape index (κ2) is 5.81. The number of likely N-dealkylation sites (tertiary alicyclic amines) is 1. The molecule has 1 amide bonds. The lowest BCUT2D eigenvalue weighted by molar-refractivity contribution is 0.0779. The van der Waals surface area contributed by atoms with Gasteiger partial charge < -0.3 is 14.6 Å². The monoisotopic (exact) mass is 315 g/mol. The van der Waals surface area contributed by atoms with Crippen molar-refractivity contribution >= 4 is 5.91 Å². The molecule has 2 aliphatic rings. The normalized spacial score (nSPS) is 24.3. The molecule has 0 unspecified atom stereocenters. The molecule has 2 N–H and O–H groups in total. The molecule has 0 bridgehead atoms. The van der Waals surface area contributed by atoms with E-state index in [0.717, 1.165) is 18.2 Å². The molecular weight excluding hydrogens is 294 g/mol. The Balaban J connectivity index is 1.54. The first kappa shape index (κ1) is 14.4. The summed E-state index contributed by atoms with van der Waals surface area (Å²) in [6.45, 7) is 1.91. The molecule has 0 aromatic carbocycles. The number of carbonyl (C=O) groups excluding carboxylic acids is 1. The molecule has 2 aromatic rings. The average Bonchev–Trinajstić information content (AvgIpc) is 3.01. The lowest BCUT2D eigenvalue weighted by Gasteiger charge is -2.15. The van der Waals surface area contributed by atoms with Gasteiger partial charge in [0.15, 0.2) is 11.6 Å². The van der Waals surface area contributed by atoms with Crippen LogP contribution in [0.2, 0.25) is 0 Å². The number of aromatic amines is 2. The van der Waals surface area contributed by atoms with E-state index >= 15 is 0 Å². The smallest absolute Gasteiger partial charge is 0.270 e. The Kier molecular flexibility index (Phi) is 3.65. The summed E-state index contributed by atoms with van der Waals surface area (Å²) in [6, 6.07) is 3.68. The van der Waals surface area contributed by atoms with E-state index in [4.69, 9.17) is 4.74 Å². The fourth-order valence-corrected chi connectivity index (χ4v) is 3.58. The number of ether oxygens (including phenoxy) is 1. The summed E-state index contributed by atoms with van der Waals surface area (Å²) in [7, 11) is 1.64. The van der Waals surface area contributed by atoms with Gasteiger partial charge in [-0.2, -0.15) is 5.10 Å². The fourth-order valence-electron chi connectivity index (χ4n) is 3.58. The third-order valence-electron chi connectivity index (χ3n) is 4.87. The summed E-state index contributed by atoms with van der Waals surface area (Å²) in [4.78, 5) is 22.1. The second-order valence-electron chi connectivity index (χ2n) is 6.48. The van der Waals surface area contributed by atoms with Gasteiger partial charge in [0.1, 0.15) is 12.3 Å². The molecule has 4 rings (SSSR count). The second-order valence-corrected chi connectivity index (χ2v) is 6.48. The van der Waals surface area contributed by atoms with E-state index in [1.165, 1.54) is 12.8 Å². The quantitative estimate of drug-likeness (QED) is 0.876. The first-order valence-electron chi connectivity index (χ1n) is 8.09. The van der Waals surface area contributed by atoms with Crippen molar-refractivity contribution in [2.24, 2.45) is 11.8 Å². The molecule has 1 saturated carbocycles. The maximum Gasteiger partial charge on any atom is 0.270 e. The number of carbonyl (C=O) groups is 1. The number of nitrogens with one attached hydrogen (secondary N) is 2. The van der Waals surface area contributed by atoms with E-state index in [1.807, 2.05) is 17.0 Å². The molecule has 122 valence electrons. The Bertz CT molecular complexity index is 676. The maximum absolute atomic E-state index is 12.6. The van der Waals surface area contributed by atoms with Gasteiger partial charge in [-0.25, -0.2) is 4.98 Å². The highest BCUT2D eigenvalue weighted by atomic mass is 16.5. The van der Waals surface area contributed by atoms with Crippen LogP contribution in [0.25, 0.3) is 0 Å². The van der Waals surface area contributed by atoms with Crippen LogP contribution in [-0.4, -0.2) is 51.2 Å². The van der Waals surface area contributed by atoms with E-state index in [0.29, 0.717) is 30.7 Å². The number of aromatic nitrogens is 4. The molecule has 2 atom stereocenters. The zero-order valence-corrected chi connectivity index (χ0v) is 13.2. The van der Waals surface area contributed by atoms with Crippen molar-refractivity contribution in [1.82, 2.24) is 25.1 Å². The van der Waals surface area contributed by atoms with Crippen LogP contribution in [0.3, 0.4) is 0 Å². The SMILES string of the molecule is COCc1nc([C@H]2CN(C(=O)c3ccc[nH]3)C[C@@H]2C2CC2)n[nH]1. The average molecular weight is 315 g/mol. The summed E-state index contributed by atoms with van der Waals surface area (Å²) in [5, 5.41) is 7.31. The molecule has 1 saturated heterocycles. The van der Waals surface area contributed by atoms with Crippen molar-refractivity contribution in [3.63, 3.8) is 0 Å². The zero-order valence-electron chi connectivity index (χ0n) is 13.2. The predicted molar refractivity (Wildman–Crippen MR) is 82.7 cm³/mol. The minimum absolute atomic E-state index is 0.0656. The van der Waals surface area contributed by atoms with E-state index in [2.05, 4.69) is 20.2 Å². The first-order valence-corrected chi connectivity index (χ1v) is 8.09. The fraction of sp³-hybridized carbons (Fsp3) is 0.562. The van der Waals surface area contributed by atoms with Crippen LogP contribution >= 0.6 is 0 Å². The van der Waals surface area contributed by atoms with Crippen molar-refractivity contribution < 1.29 is 9.53 Å². The molecule has 7 heteroatoms. The Morgan fingerprint density at radius 3 is 3.00 bits per heavy atom. The highest BCUT2D eigenvalue weighted by Crippen LogP contribution is 2.47. The number of H-pyrrole nitrogens is 2. The molecule has 0 spiro atoms. The topological polar surface area (TPSA) is 86.9 Å². The zero-order chi connectivity index (χ0) is 15.8. The summed E-state index contributed by atoms with van der Waals surface area (Å²) < 4.78 is 5.10. The van der Waals surface area contributed by atoms with Gasteiger partial charge >= 0.3 is 0 Å². The summed E-state index contributed by atoms with van der Waals surface area (Å²) >= 11 is 0. The first-order chi connectivity index (χ1) is 11.3. The van der Waals surface area contributed by atoms with Gasteiger partial charge in [0, 0.05) is 32.3 Å². The third kappa shape index (κ3) is 2.76. The van der Waals surface area contributed by atoms with Crippen molar-refractivity contribution in [3.8, 4) is 0 Å². The Morgan fingerprint density at radius 1 is 1.43 bits per heavy atom. The lowest BCUT2D eigenvalue weighted by Crippen LogP contribution is -2.29.